The van der Waals surface area contributed by atoms with E-state index in [-0.39, 0.29) is 0 Å². The highest BCUT2D eigenvalue weighted by Crippen LogP contribution is 2.21. The number of nitrogens with one attached hydrogen (secondary N) is 1. The van der Waals surface area contributed by atoms with Gasteiger partial charge < -0.3 is 10.1 Å². The summed E-state index contributed by atoms with van der Waals surface area (Å²) in [5.74, 6) is 2.67. The zero-order valence-corrected chi connectivity index (χ0v) is 10.5. The van der Waals surface area contributed by atoms with Crippen molar-refractivity contribution in [2.24, 2.45) is 0 Å². The maximum Gasteiger partial charge on any atom is 0.0728 e. The normalized spacial score (nSPS) is 30.6. The molecule has 0 bridgehead atoms. The van der Waals surface area contributed by atoms with Crippen molar-refractivity contribution in [1.29, 1.82) is 0 Å². The van der Waals surface area contributed by atoms with Crippen molar-refractivity contribution in [1.82, 2.24) is 5.32 Å². The number of ether oxygens (including phenoxy) is 1. The van der Waals surface area contributed by atoms with Crippen LogP contribution >= 0.6 is 11.8 Å². The Labute approximate surface area is 97.5 Å². The molecule has 2 fully saturated rings. The summed E-state index contributed by atoms with van der Waals surface area (Å²) >= 11 is 2.09. The standard InChI is InChI=1S/C12H23NOS/c1-2-11(12-4-3-7-14-12)13-10-5-8-15-9-6-10/h10-13H,2-9H2,1H3. The van der Waals surface area contributed by atoms with E-state index in [0.717, 1.165) is 12.6 Å². The molecule has 0 aromatic carbocycles. The van der Waals surface area contributed by atoms with Gasteiger partial charge in [-0.25, -0.2) is 0 Å². The average molecular weight is 229 g/mol. The Morgan fingerprint density at radius 3 is 2.73 bits per heavy atom. The summed E-state index contributed by atoms with van der Waals surface area (Å²) in [5, 5.41) is 3.81. The van der Waals surface area contributed by atoms with Crippen LogP contribution in [-0.2, 0) is 4.74 Å². The molecule has 0 aromatic heterocycles. The molecule has 2 aliphatic heterocycles. The molecule has 15 heavy (non-hydrogen) atoms. The predicted molar refractivity (Wildman–Crippen MR) is 66.5 cm³/mol. The van der Waals surface area contributed by atoms with E-state index in [1.807, 2.05) is 0 Å². The van der Waals surface area contributed by atoms with Crippen LogP contribution in [-0.4, -0.2) is 36.3 Å². The minimum Gasteiger partial charge on any atom is -0.377 e. The van der Waals surface area contributed by atoms with Gasteiger partial charge >= 0.3 is 0 Å². The first-order chi connectivity index (χ1) is 7.40. The Hall–Kier alpha value is 0.270. The molecule has 2 heterocycles. The van der Waals surface area contributed by atoms with Crippen LogP contribution in [0.25, 0.3) is 0 Å². The molecule has 0 saturated carbocycles. The lowest BCUT2D eigenvalue weighted by molar-refractivity contribution is 0.0722. The van der Waals surface area contributed by atoms with Crippen molar-refractivity contribution in [3.05, 3.63) is 0 Å². The molecule has 2 rings (SSSR count). The fraction of sp³-hybridized carbons (Fsp3) is 1.00. The Kier molecular flexibility index (Phi) is 4.79. The van der Waals surface area contributed by atoms with E-state index in [9.17, 15) is 0 Å². The minimum absolute atomic E-state index is 0.490. The number of rotatable bonds is 4. The smallest absolute Gasteiger partial charge is 0.0728 e. The molecule has 2 unspecified atom stereocenters. The third-order valence-electron chi connectivity index (χ3n) is 3.52. The first kappa shape index (κ1) is 11.7. The van der Waals surface area contributed by atoms with Gasteiger partial charge in [0.2, 0.25) is 0 Å². The molecule has 2 nitrogen and oxygen atoms in total. The van der Waals surface area contributed by atoms with Crippen molar-refractivity contribution in [3.8, 4) is 0 Å². The fourth-order valence-corrected chi connectivity index (χ4v) is 3.68. The summed E-state index contributed by atoms with van der Waals surface area (Å²) in [6, 6.07) is 1.35. The van der Waals surface area contributed by atoms with E-state index in [1.54, 1.807) is 0 Å². The highest BCUT2D eigenvalue weighted by Gasteiger charge is 2.26. The van der Waals surface area contributed by atoms with E-state index >= 15 is 0 Å². The third-order valence-corrected chi connectivity index (χ3v) is 4.57. The highest BCUT2D eigenvalue weighted by molar-refractivity contribution is 7.99. The molecule has 2 aliphatic rings. The maximum absolute atomic E-state index is 5.78. The molecule has 0 aliphatic carbocycles. The first-order valence-corrected chi connectivity index (χ1v) is 7.51. The van der Waals surface area contributed by atoms with Gasteiger partial charge in [-0.15, -0.1) is 0 Å². The third kappa shape index (κ3) is 3.36. The summed E-state index contributed by atoms with van der Waals surface area (Å²) in [4.78, 5) is 0. The van der Waals surface area contributed by atoms with Crippen molar-refractivity contribution < 1.29 is 4.74 Å². The second-order valence-electron chi connectivity index (χ2n) is 4.62. The lowest BCUT2D eigenvalue weighted by atomic mass is 10.0. The maximum atomic E-state index is 5.78. The number of hydrogen-bond acceptors (Lipinski definition) is 3. The monoisotopic (exact) mass is 229 g/mol. The molecule has 0 amide bonds. The molecule has 88 valence electrons. The largest absolute Gasteiger partial charge is 0.377 e. The van der Waals surface area contributed by atoms with Crippen LogP contribution in [0.2, 0.25) is 0 Å². The van der Waals surface area contributed by atoms with E-state index in [0.29, 0.717) is 12.1 Å². The molecule has 0 aromatic rings. The van der Waals surface area contributed by atoms with Crippen LogP contribution in [0.4, 0.5) is 0 Å². The summed E-state index contributed by atoms with van der Waals surface area (Å²) in [6.45, 7) is 3.25. The van der Waals surface area contributed by atoms with Crippen LogP contribution in [0.3, 0.4) is 0 Å². The lowest BCUT2D eigenvalue weighted by Gasteiger charge is -2.30. The molecule has 0 spiro atoms. The second kappa shape index (κ2) is 6.12. The highest BCUT2D eigenvalue weighted by atomic mass is 32.2. The zero-order chi connectivity index (χ0) is 10.5. The van der Waals surface area contributed by atoms with Gasteiger partial charge in [0.15, 0.2) is 0 Å². The predicted octanol–water partition coefficient (Wildman–Crippen LogP) is 2.43. The van der Waals surface area contributed by atoms with Gasteiger partial charge in [0.05, 0.1) is 6.10 Å². The first-order valence-electron chi connectivity index (χ1n) is 6.35. The topological polar surface area (TPSA) is 21.3 Å². The van der Waals surface area contributed by atoms with Crippen molar-refractivity contribution >= 4 is 11.8 Å². The van der Waals surface area contributed by atoms with E-state index < -0.39 is 0 Å². The van der Waals surface area contributed by atoms with Crippen LogP contribution in [0, 0.1) is 0 Å². The Morgan fingerprint density at radius 1 is 1.33 bits per heavy atom. The number of hydrogen-bond donors (Lipinski definition) is 1. The van der Waals surface area contributed by atoms with Gasteiger partial charge in [-0.2, -0.15) is 11.8 Å². The van der Waals surface area contributed by atoms with Gasteiger partial charge in [0.25, 0.3) is 0 Å². The molecule has 2 saturated heterocycles. The van der Waals surface area contributed by atoms with Gasteiger partial charge in [0.1, 0.15) is 0 Å². The Morgan fingerprint density at radius 2 is 2.13 bits per heavy atom. The van der Waals surface area contributed by atoms with E-state index in [1.165, 1.54) is 43.6 Å². The van der Waals surface area contributed by atoms with Crippen molar-refractivity contribution in [3.63, 3.8) is 0 Å². The zero-order valence-electron chi connectivity index (χ0n) is 9.71. The van der Waals surface area contributed by atoms with Crippen LogP contribution in [0.5, 0.6) is 0 Å². The van der Waals surface area contributed by atoms with Crippen LogP contribution in [0.15, 0.2) is 0 Å². The molecular weight excluding hydrogens is 206 g/mol. The SMILES string of the molecule is CCC(NC1CCSCC1)C1CCCO1. The van der Waals surface area contributed by atoms with Gasteiger partial charge in [0, 0.05) is 18.7 Å². The molecule has 0 radical (unpaired) electrons. The summed E-state index contributed by atoms with van der Waals surface area (Å²) in [5.41, 5.74) is 0. The average Bonchev–Trinajstić information content (AvgIpc) is 2.81. The lowest BCUT2D eigenvalue weighted by Crippen LogP contribution is -2.46. The number of thioether (sulfide) groups is 1. The quantitative estimate of drug-likeness (QED) is 0.800. The molecular formula is C12H23NOS. The summed E-state index contributed by atoms with van der Waals surface area (Å²) in [6.07, 6.45) is 6.89. The summed E-state index contributed by atoms with van der Waals surface area (Å²) in [7, 11) is 0. The van der Waals surface area contributed by atoms with Crippen LogP contribution < -0.4 is 5.32 Å². The van der Waals surface area contributed by atoms with Crippen LogP contribution in [0.1, 0.15) is 39.0 Å². The van der Waals surface area contributed by atoms with Gasteiger partial charge in [-0.3, -0.25) is 0 Å². The van der Waals surface area contributed by atoms with E-state index in [4.69, 9.17) is 4.74 Å². The summed E-state index contributed by atoms with van der Waals surface area (Å²) < 4.78 is 5.78. The second-order valence-corrected chi connectivity index (χ2v) is 5.84. The fourth-order valence-electron chi connectivity index (χ4n) is 2.57. The van der Waals surface area contributed by atoms with Crippen molar-refractivity contribution in [2.45, 2.75) is 57.2 Å². The van der Waals surface area contributed by atoms with E-state index in [2.05, 4.69) is 24.0 Å². The Bertz CT molecular complexity index is 176. The molecule has 3 heteroatoms. The molecule has 1 N–H and O–H groups in total. The van der Waals surface area contributed by atoms with Gasteiger partial charge in [-0.1, -0.05) is 6.92 Å². The van der Waals surface area contributed by atoms with Crippen molar-refractivity contribution in [2.75, 3.05) is 18.1 Å². The van der Waals surface area contributed by atoms with Gasteiger partial charge in [-0.05, 0) is 43.6 Å². The minimum atomic E-state index is 0.490. The Balaban J connectivity index is 1.78. The molecule has 2 atom stereocenters.